The van der Waals surface area contributed by atoms with Gasteiger partial charge in [-0.05, 0) is 49.4 Å². The summed E-state index contributed by atoms with van der Waals surface area (Å²) >= 11 is 6.08. The number of hydrogen-bond acceptors (Lipinski definition) is 4. The topological polar surface area (TPSA) is 86.8 Å². The molecule has 190 valence electrons. The van der Waals surface area contributed by atoms with Crippen molar-refractivity contribution >= 4 is 39.1 Å². The Morgan fingerprint density at radius 1 is 1.09 bits per heavy atom. The molecular weight excluding hydrogens is 486 g/mol. The molecule has 2 amide bonds. The molecule has 0 spiro atoms. The van der Waals surface area contributed by atoms with E-state index in [1.54, 1.807) is 18.2 Å². The molecule has 1 aliphatic rings. The second-order valence-electron chi connectivity index (χ2n) is 8.99. The normalized spacial score (nSPS) is 14.9. The Kier molecular flexibility index (Phi) is 9.57. The monoisotopic (exact) mass is 519 g/mol. The minimum atomic E-state index is -3.78. The second kappa shape index (κ2) is 12.4. The van der Waals surface area contributed by atoms with Crippen LogP contribution in [0.25, 0.3) is 0 Å². The summed E-state index contributed by atoms with van der Waals surface area (Å²) in [6.45, 7) is 1.75. The maximum Gasteiger partial charge on any atom is 0.244 e. The standard InChI is InChI=1S/C26H34ClN3O4S/c1-3-24(26(32)28-22-13-7-8-14-22)29(17-16-20-10-5-4-6-11-20)25(31)19-30(35(2,33)34)23-15-9-12-21(27)18-23/h4-6,9-12,15,18,22,24H,3,7-8,13-14,16-17,19H2,1-2H3,(H,28,32)/t24-/m1/s1. The van der Waals surface area contributed by atoms with Gasteiger partial charge in [-0.1, -0.05) is 67.8 Å². The van der Waals surface area contributed by atoms with Gasteiger partial charge in [0.1, 0.15) is 12.6 Å². The summed E-state index contributed by atoms with van der Waals surface area (Å²) in [6, 6.07) is 15.5. The molecule has 0 aromatic heterocycles. The van der Waals surface area contributed by atoms with Crippen LogP contribution < -0.4 is 9.62 Å². The van der Waals surface area contributed by atoms with E-state index in [1.165, 1.54) is 11.0 Å². The van der Waals surface area contributed by atoms with Crippen molar-refractivity contribution in [2.75, 3.05) is 23.7 Å². The van der Waals surface area contributed by atoms with Crippen molar-refractivity contribution < 1.29 is 18.0 Å². The van der Waals surface area contributed by atoms with Gasteiger partial charge < -0.3 is 10.2 Å². The number of carbonyl (C=O) groups is 2. The molecule has 0 bridgehead atoms. The minimum absolute atomic E-state index is 0.126. The molecule has 1 aliphatic carbocycles. The summed E-state index contributed by atoms with van der Waals surface area (Å²) in [6.07, 6.45) is 6.08. The molecule has 0 aliphatic heterocycles. The number of nitrogens with zero attached hydrogens (tertiary/aromatic N) is 2. The van der Waals surface area contributed by atoms with Crippen LogP contribution in [0.4, 0.5) is 5.69 Å². The first-order valence-corrected chi connectivity index (χ1v) is 14.3. The lowest BCUT2D eigenvalue weighted by Crippen LogP contribution is -2.54. The molecule has 7 nitrogen and oxygen atoms in total. The fourth-order valence-corrected chi connectivity index (χ4v) is 5.53. The Morgan fingerprint density at radius 2 is 1.77 bits per heavy atom. The third-order valence-corrected chi connectivity index (χ3v) is 7.72. The van der Waals surface area contributed by atoms with E-state index in [1.807, 2.05) is 37.3 Å². The lowest BCUT2D eigenvalue weighted by molar-refractivity contribution is -0.139. The number of carbonyl (C=O) groups excluding carboxylic acids is 2. The molecule has 3 rings (SSSR count). The van der Waals surface area contributed by atoms with Crippen LogP contribution in [0.2, 0.25) is 5.02 Å². The first-order chi connectivity index (χ1) is 16.7. The Bertz CT molecular complexity index is 1100. The van der Waals surface area contributed by atoms with Gasteiger partial charge >= 0.3 is 0 Å². The zero-order valence-corrected chi connectivity index (χ0v) is 21.9. The number of hydrogen-bond donors (Lipinski definition) is 1. The second-order valence-corrected chi connectivity index (χ2v) is 11.3. The van der Waals surface area contributed by atoms with Gasteiger partial charge in [-0.3, -0.25) is 13.9 Å². The van der Waals surface area contributed by atoms with Crippen molar-refractivity contribution in [1.29, 1.82) is 0 Å². The van der Waals surface area contributed by atoms with Crippen LogP contribution in [0, 0.1) is 0 Å². The van der Waals surface area contributed by atoms with Gasteiger partial charge in [-0.2, -0.15) is 0 Å². The van der Waals surface area contributed by atoms with Crippen molar-refractivity contribution in [3.8, 4) is 0 Å². The first kappa shape index (κ1) is 27.0. The fourth-order valence-electron chi connectivity index (χ4n) is 4.51. The molecule has 0 saturated heterocycles. The van der Waals surface area contributed by atoms with Gasteiger partial charge in [-0.15, -0.1) is 0 Å². The van der Waals surface area contributed by atoms with Gasteiger partial charge in [0.25, 0.3) is 0 Å². The zero-order chi connectivity index (χ0) is 25.4. The summed E-state index contributed by atoms with van der Waals surface area (Å²) in [5.41, 5.74) is 1.34. The lowest BCUT2D eigenvalue weighted by Gasteiger charge is -2.33. The first-order valence-electron chi connectivity index (χ1n) is 12.1. The quantitative estimate of drug-likeness (QED) is 0.486. The van der Waals surface area contributed by atoms with Crippen molar-refractivity contribution in [2.45, 2.75) is 57.5 Å². The Hall–Kier alpha value is -2.58. The number of anilines is 1. The molecule has 1 N–H and O–H groups in total. The van der Waals surface area contributed by atoms with Gasteiger partial charge in [0.2, 0.25) is 21.8 Å². The third kappa shape index (κ3) is 7.70. The lowest BCUT2D eigenvalue weighted by atomic mass is 10.1. The summed E-state index contributed by atoms with van der Waals surface area (Å²) in [7, 11) is -3.78. The fraction of sp³-hybridized carbons (Fsp3) is 0.462. The van der Waals surface area contributed by atoms with Crippen molar-refractivity contribution in [3.05, 3.63) is 65.2 Å². The van der Waals surface area contributed by atoms with Crippen LogP contribution in [0.1, 0.15) is 44.6 Å². The van der Waals surface area contributed by atoms with Crippen LogP contribution in [-0.4, -0.2) is 56.6 Å². The molecule has 2 aromatic carbocycles. The van der Waals surface area contributed by atoms with Gasteiger partial charge in [0, 0.05) is 17.6 Å². The summed E-state index contributed by atoms with van der Waals surface area (Å²) < 4.78 is 26.3. The predicted octanol–water partition coefficient (Wildman–Crippen LogP) is 4.01. The predicted molar refractivity (Wildman–Crippen MR) is 140 cm³/mol. The van der Waals surface area contributed by atoms with E-state index in [0.717, 1.165) is 41.8 Å². The highest BCUT2D eigenvalue weighted by Crippen LogP contribution is 2.23. The number of amides is 2. The molecular formula is C26H34ClN3O4S. The van der Waals surface area contributed by atoms with Crippen LogP contribution >= 0.6 is 11.6 Å². The van der Waals surface area contributed by atoms with E-state index in [9.17, 15) is 18.0 Å². The number of rotatable bonds is 11. The number of benzene rings is 2. The number of sulfonamides is 1. The maximum absolute atomic E-state index is 13.6. The SMILES string of the molecule is CC[C@H](C(=O)NC1CCCC1)N(CCc1ccccc1)C(=O)CN(c1cccc(Cl)c1)S(C)(=O)=O. The van der Waals surface area contributed by atoms with Crippen molar-refractivity contribution in [2.24, 2.45) is 0 Å². The molecule has 0 heterocycles. The van der Waals surface area contributed by atoms with E-state index in [-0.39, 0.29) is 11.9 Å². The zero-order valence-electron chi connectivity index (χ0n) is 20.3. The van der Waals surface area contributed by atoms with Gasteiger partial charge in [-0.25, -0.2) is 8.42 Å². The molecule has 2 aromatic rings. The van der Waals surface area contributed by atoms with E-state index in [0.29, 0.717) is 30.1 Å². The molecule has 35 heavy (non-hydrogen) atoms. The largest absolute Gasteiger partial charge is 0.352 e. The maximum atomic E-state index is 13.6. The van der Waals surface area contributed by atoms with Crippen LogP contribution in [0.3, 0.4) is 0 Å². The van der Waals surface area contributed by atoms with E-state index < -0.39 is 28.5 Å². The highest BCUT2D eigenvalue weighted by atomic mass is 35.5. The average Bonchev–Trinajstić information content (AvgIpc) is 3.32. The smallest absolute Gasteiger partial charge is 0.244 e. The van der Waals surface area contributed by atoms with Crippen molar-refractivity contribution in [1.82, 2.24) is 10.2 Å². The Labute approximate surface area is 213 Å². The van der Waals surface area contributed by atoms with E-state index >= 15 is 0 Å². The highest BCUT2D eigenvalue weighted by molar-refractivity contribution is 7.92. The van der Waals surface area contributed by atoms with E-state index in [2.05, 4.69) is 5.32 Å². The Morgan fingerprint density at radius 3 is 2.37 bits per heavy atom. The van der Waals surface area contributed by atoms with E-state index in [4.69, 9.17) is 11.6 Å². The molecule has 1 saturated carbocycles. The van der Waals surface area contributed by atoms with Crippen LogP contribution in [0.5, 0.6) is 0 Å². The Balaban J connectivity index is 1.86. The summed E-state index contributed by atoms with van der Waals surface area (Å²) in [4.78, 5) is 28.4. The highest BCUT2D eigenvalue weighted by Gasteiger charge is 2.32. The molecule has 9 heteroatoms. The molecule has 1 fully saturated rings. The van der Waals surface area contributed by atoms with Gasteiger partial charge in [0.05, 0.1) is 11.9 Å². The number of nitrogens with one attached hydrogen (secondary N) is 1. The van der Waals surface area contributed by atoms with Gasteiger partial charge in [0.15, 0.2) is 0 Å². The minimum Gasteiger partial charge on any atom is -0.352 e. The summed E-state index contributed by atoms with van der Waals surface area (Å²) in [5, 5.41) is 3.47. The summed E-state index contributed by atoms with van der Waals surface area (Å²) in [5.74, 6) is -0.616. The van der Waals surface area contributed by atoms with Crippen molar-refractivity contribution in [3.63, 3.8) is 0 Å². The number of halogens is 1. The molecule has 0 unspecified atom stereocenters. The molecule has 0 radical (unpaired) electrons. The molecule has 1 atom stereocenters. The third-order valence-electron chi connectivity index (χ3n) is 6.35. The average molecular weight is 520 g/mol. The van der Waals surface area contributed by atoms with Crippen LogP contribution in [0.15, 0.2) is 54.6 Å². The van der Waals surface area contributed by atoms with Crippen LogP contribution in [-0.2, 0) is 26.0 Å².